The molecule has 0 bridgehead atoms. The van der Waals surface area contributed by atoms with Gasteiger partial charge in [-0.25, -0.2) is 0 Å². The number of aliphatic hydroxyl groups is 8. The summed E-state index contributed by atoms with van der Waals surface area (Å²) >= 11 is 0. The van der Waals surface area contributed by atoms with Crippen LogP contribution in [0.4, 0.5) is 0 Å². The number of carbonyl (C=O) groups is 1. The van der Waals surface area contributed by atoms with Crippen molar-refractivity contribution in [3.8, 4) is 0 Å². The number of nitrogens with one attached hydrogen (secondary N) is 1. The molecule has 12 unspecified atom stereocenters. The Morgan fingerprint density at radius 3 is 1.44 bits per heavy atom. The van der Waals surface area contributed by atoms with Crippen LogP contribution in [0, 0.1) is 0 Å². The average Bonchev–Trinajstić information content (AvgIpc) is 3.38. The molecule has 0 aromatic heterocycles. The summed E-state index contributed by atoms with van der Waals surface area (Å²) in [6.45, 7) is 2.72. The van der Waals surface area contributed by atoms with E-state index in [9.17, 15) is 45.6 Å². The second-order valence-corrected chi connectivity index (χ2v) is 20.4. The molecule has 0 aromatic rings. The van der Waals surface area contributed by atoms with E-state index >= 15 is 0 Å². The molecule has 0 radical (unpaired) electrons. The summed E-state index contributed by atoms with van der Waals surface area (Å²) in [4.78, 5) is 13.2. The molecule has 0 aliphatic carbocycles. The Kier molecular flexibility index (Phi) is 40.5. The lowest BCUT2D eigenvalue weighted by Gasteiger charge is -2.46. The summed E-state index contributed by atoms with van der Waals surface area (Å²) in [5.41, 5.74) is 0. The van der Waals surface area contributed by atoms with Crippen molar-refractivity contribution in [3.05, 3.63) is 48.6 Å². The number of ether oxygens (including phenoxy) is 4. The Hall–Kier alpha value is -2.05. The highest BCUT2D eigenvalue weighted by Crippen LogP contribution is 2.30. The van der Waals surface area contributed by atoms with Crippen LogP contribution in [-0.4, -0.2) is 140 Å². The fraction of sp³-hybridized carbons (Fsp3) is 0.845. The molecule has 2 aliphatic rings. The molecule has 2 rings (SSSR count). The average molecular weight is 1020 g/mol. The van der Waals surface area contributed by atoms with Crippen molar-refractivity contribution in [1.29, 1.82) is 0 Å². The third-order valence-electron chi connectivity index (χ3n) is 14.1. The second-order valence-electron chi connectivity index (χ2n) is 20.4. The van der Waals surface area contributed by atoms with E-state index in [1.807, 2.05) is 0 Å². The minimum atomic E-state index is -1.79. The van der Waals surface area contributed by atoms with Gasteiger partial charge in [0.15, 0.2) is 12.6 Å². The van der Waals surface area contributed by atoms with Crippen LogP contribution in [0.1, 0.15) is 219 Å². The van der Waals surface area contributed by atoms with Crippen LogP contribution in [-0.2, 0) is 23.7 Å². The molecule has 2 aliphatic heterocycles. The number of aliphatic hydroxyl groups excluding tert-OH is 8. The maximum absolute atomic E-state index is 13.2. The molecule has 420 valence electrons. The second kappa shape index (κ2) is 44.1. The predicted octanol–water partition coefficient (Wildman–Crippen LogP) is 9.22. The molecule has 2 fully saturated rings. The van der Waals surface area contributed by atoms with Crippen LogP contribution in [0.2, 0.25) is 0 Å². The lowest BCUT2D eigenvalue weighted by Crippen LogP contribution is -2.65. The zero-order valence-corrected chi connectivity index (χ0v) is 44.9. The van der Waals surface area contributed by atoms with E-state index < -0.39 is 86.8 Å². The Labute approximate surface area is 435 Å². The van der Waals surface area contributed by atoms with Crippen molar-refractivity contribution in [3.63, 3.8) is 0 Å². The van der Waals surface area contributed by atoms with Gasteiger partial charge >= 0.3 is 0 Å². The molecule has 9 N–H and O–H groups in total. The summed E-state index contributed by atoms with van der Waals surface area (Å²) in [5.74, 6) is -0.247. The number of carbonyl (C=O) groups excluding carboxylic acids is 1. The van der Waals surface area contributed by atoms with Crippen molar-refractivity contribution >= 4 is 5.91 Å². The number of allylic oxidation sites excluding steroid dienone is 8. The molecule has 2 heterocycles. The molecule has 2 saturated heterocycles. The zero-order chi connectivity index (χ0) is 52.4. The number of rotatable bonds is 45. The number of amides is 1. The maximum atomic E-state index is 13.2. The predicted molar refractivity (Wildman–Crippen MR) is 286 cm³/mol. The normalized spacial score (nSPS) is 25.9. The maximum Gasteiger partial charge on any atom is 0.220 e. The fourth-order valence-corrected chi connectivity index (χ4v) is 9.40. The van der Waals surface area contributed by atoms with Crippen molar-refractivity contribution in [2.75, 3.05) is 19.8 Å². The number of hydrogen-bond donors (Lipinski definition) is 9. The van der Waals surface area contributed by atoms with Gasteiger partial charge in [-0.05, 0) is 51.4 Å². The first-order valence-electron chi connectivity index (χ1n) is 28.9. The molecule has 14 heteroatoms. The molecule has 12 atom stereocenters. The van der Waals surface area contributed by atoms with E-state index in [0.717, 1.165) is 64.2 Å². The molecule has 72 heavy (non-hydrogen) atoms. The van der Waals surface area contributed by atoms with Crippen molar-refractivity contribution in [1.82, 2.24) is 5.32 Å². The number of hydrogen-bond acceptors (Lipinski definition) is 13. The molecule has 0 spiro atoms. The van der Waals surface area contributed by atoms with Crippen LogP contribution < -0.4 is 5.32 Å². The third kappa shape index (κ3) is 29.9. The zero-order valence-electron chi connectivity index (χ0n) is 44.9. The molecule has 1 amide bonds. The van der Waals surface area contributed by atoms with Gasteiger partial charge in [-0.3, -0.25) is 4.79 Å². The summed E-state index contributed by atoms with van der Waals surface area (Å²) in [6.07, 6.45) is 36.9. The first kappa shape index (κ1) is 66.1. The molecule has 14 nitrogen and oxygen atoms in total. The number of unbranched alkanes of at least 4 members (excludes halogenated alkanes) is 24. The lowest BCUT2D eigenvalue weighted by molar-refractivity contribution is -0.359. The molecular weight excluding hydrogens is 919 g/mol. The smallest absolute Gasteiger partial charge is 0.220 e. The highest BCUT2D eigenvalue weighted by molar-refractivity contribution is 5.76. The van der Waals surface area contributed by atoms with Gasteiger partial charge in [-0.15, -0.1) is 0 Å². The minimum absolute atomic E-state index is 0.247. The van der Waals surface area contributed by atoms with Crippen LogP contribution in [0.3, 0.4) is 0 Å². The van der Waals surface area contributed by atoms with Gasteiger partial charge in [0.2, 0.25) is 5.91 Å². The summed E-state index contributed by atoms with van der Waals surface area (Å²) in [7, 11) is 0. The Balaban J connectivity index is 1.77. The summed E-state index contributed by atoms with van der Waals surface area (Å²) < 4.78 is 22.8. The molecule has 0 aromatic carbocycles. The fourth-order valence-electron chi connectivity index (χ4n) is 9.40. The topological polar surface area (TPSA) is 228 Å². The summed E-state index contributed by atoms with van der Waals surface area (Å²) in [6, 6.07) is -0.852. The van der Waals surface area contributed by atoms with Crippen LogP contribution in [0.15, 0.2) is 48.6 Å². The van der Waals surface area contributed by atoms with Crippen LogP contribution in [0.25, 0.3) is 0 Å². The Morgan fingerprint density at radius 1 is 0.514 bits per heavy atom. The van der Waals surface area contributed by atoms with E-state index in [0.29, 0.717) is 12.8 Å². The first-order chi connectivity index (χ1) is 35.1. The van der Waals surface area contributed by atoms with Gasteiger partial charge in [0.05, 0.1) is 32.0 Å². The van der Waals surface area contributed by atoms with Crippen molar-refractivity contribution in [2.45, 2.75) is 293 Å². The van der Waals surface area contributed by atoms with Crippen molar-refractivity contribution in [2.24, 2.45) is 0 Å². The van der Waals surface area contributed by atoms with Gasteiger partial charge in [-0.1, -0.05) is 210 Å². The van der Waals surface area contributed by atoms with Gasteiger partial charge in [0, 0.05) is 6.42 Å². The third-order valence-corrected chi connectivity index (χ3v) is 14.1. The molecular formula is C58H105NO13. The highest BCUT2D eigenvalue weighted by atomic mass is 16.7. The Morgan fingerprint density at radius 2 is 0.958 bits per heavy atom. The van der Waals surface area contributed by atoms with Gasteiger partial charge in [-0.2, -0.15) is 0 Å². The van der Waals surface area contributed by atoms with Crippen molar-refractivity contribution < 1.29 is 64.6 Å². The van der Waals surface area contributed by atoms with Crippen LogP contribution in [0.5, 0.6) is 0 Å². The minimum Gasteiger partial charge on any atom is -0.394 e. The SMILES string of the molecule is CC/C=C\C/C=C\C/C=C\C/C=C\CCCCC(=O)NC(COC1OC(CO)C(OC2OC(CO)C(O)C(O)C2O)C(O)C1O)C(O)CCCCCCCCCCCCCCCCCCCCCCCCC. The first-order valence-corrected chi connectivity index (χ1v) is 28.9. The van der Waals surface area contributed by atoms with E-state index in [1.54, 1.807) is 0 Å². The van der Waals surface area contributed by atoms with E-state index in [2.05, 4.69) is 67.8 Å². The Bertz CT molecular complexity index is 1390. The van der Waals surface area contributed by atoms with Crippen LogP contribution >= 0.6 is 0 Å². The van der Waals surface area contributed by atoms with Gasteiger partial charge in [0.1, 0.15) is 48.8 Å². The van der Waals surface area contributed by atoms with E-state index in [1.165, 1.54) is 122 Å². The van der Waals surface area contributed by atoms with E-state index in [-0.39, 0.29) is 18.9 Å². The van der Waals surface area contributed by atoms with Gasteiger partial charge in [0.25, 0.3) is 0 Å². The largest absolute Gasteiger partial charge is 0.394 e. The monoisotopic (exact) mass is 1020 g/mol. The standard InChI is InChI=1S/C58H105NO13/c1-3-5-7-9-11-13-15-17-19-20-21-22-23-24-25-26-28-29-31-33-35-37-39-41-47(62)46(59-50(63)42-40-38-36-34-32-30-27-18-16-14-12-10-8-6-4-2)45-69-57-55(68)53(66)56(49(44-61)71-57)72-58-54(67)52(65)51(64)48(43-60)70-58/h6,8,12,14,18,27,32,34,46-49,51-58,60-62,64-68H,3-5,7,9-11,13,15-17,19-26,28-31,33,35-45H2,1-2H3,(H,59,63)/b8-6-,14-12-,27-18-,34-32-. The highest BCUT2D eigenvalue weighted by Gasteiger charge is 2.51. The van der Waals surface area contributed by atoms with E-state index in [4.69, 9.17) is 18.9 Å². The summed E-state index contributed by atoms with van der Waals surface area (Å²) in [5, 5.41) is 87.1. The van der Waals surface area contributed by atoms with Gasteiger partial charge < -0.3 is 65.1 Å². The quantitative estimate of drug-likeness (QED) is 0.0205. The lowest BCUT2D eigenvalue weighted by atomic mass is 9.97. The molecule has 0 saturated carbocycles.